The lowest BCUT2D eigenvalue weighted by Crippen LogP contribution is -2.62. The van der Waals surface area contributed by atoms with Crippen molar-refractivity contribution >= 4 is 40.8 Å². The van der Waals surface area contributed by atoms with Crippen LogP contribution in [0.25, 0.3) is 0 Å². The molecule has 6 atom stereocenters. The van der Waals surface area contributed by atoms with Gasteiger partial charge >= 0.3 is 0 Å². The van der Waals surface area contributed by atoms with Crippen molar-refractivity contribution in [3.05, 3.63) is 57.5 Å². The average molecular weight is 604 g/mol. The van der Waals surface area contributed by atoms with Crippen LogP contribution in [0.5, 0.6) is 0 Å². The van der Waals surface area contributed by atoms with Gasteiger partial charge in [-0.1, -0.05) is 48.3 Å². The minimum atomic E-state index is -1.37. The first-order chi connectivity index (χ1) is 19.6. The summed E-state index contributed by atoms with van der Waals surface area (Å²) in [6.45, 7) is 2.44. The summed E-state index contributed by atoms with van der Waals surface area (Å²) in [7, 11) is 0. The molecule has 218 valence electrons. The van der Waals surface area contributed by atoms with E-state index >= 15 is 4.39 Å². The van der Waals surface area contributed by atoms with Gasteiger partial charge in [0.15, 0.2) is 0 Å². The molecule has 8 nitrogen and oxygen atoms in total. The lowest BCUT2D eigenvalue weighted by atomic mass is 9.52. The predicted molar refractivity (Wildman–Crippen MR) is 151 cm³/mol. The fourth-order valence-corrected chi connectivity index (χ4v) is 8.86. The number of aliphatic hydroxyl groups excluding tert-OH is 1. The van der Waals surface area contributed by atoms with E-state index < -0.39 is 34.8 Å². The average Bonchev–Trinajstić information content (AvgIpc) is 3.40. The van der Waals surface area contributed by atoms with E-state index in [0.717, 1.165) is 0 Å². The van der Waals surface area contributed by atoms with E-state index in [4.69, 9.17) is 27.9 Å². The molecule has 8 aliphatic rings. The number of hydrogen-bond acceptors (Lipinski definition) is 6. The predicted octanol–water partition coefficient (Wildman–Crippen LogP) is 4.22. The summed E-state index contributed by atoms with van der Waals surface area (Å²) in [6, 6.07) is 6.94. The highest BCUT2D eigenvalue weighted by Crippen LogP contribution is 2.64. The van der Waals surface area contributed by atoms with Crippen molar-refractivity contribution in [3.8, 4) is 0 Å². The van der Waals surface area contributed by atoms with E-state index in [9.17, 15) is 14.7 Å². The smallest absolute Gasteiger partial charge is 0.238 e. The molecule has 11 heteroatoms. The normalized spacial score (nSPS) is 39.9. The molecule has 1 saturated carbocycles. The largest absolute Gasteiger partial charge is 0.390 e. The number of ether oxygens (including phenoxy) is 1. The van der Waals surface area contributed by atoms with Crippen LogP contribution in [0, 0.1) is 11.2 Å². The number of aromatic nitrogens is 1. The van der Waals surface area contributed by atoms with E-state index in [1.807, 2.05) is 0 Å². The van der Waals surface area contributed by atoms with Crippen molar-refractivity contribution in [3.63, 3.8) is 0 Å². The van der Waals surface area contributed by atoms with E-state index in [2.05, 4.69) is 27.9 Å². The highest BCUT2D eigenvalue weighted by atomic mass is 35.5. The van der Waals surface area contributed by atoms with Crippen LogP contribution in [0.2, 0.25) is 10.2 Å². The molecule has 2 spiro atoms. The molecule has 5 bridgehead atoms. The highest BCUT2D eigenvalue weighted by molar-refractivity contribution is 6.31. The monoisotopic (exact) mass is 602 g/mol. The first-order valence-electron chi connectivity index (χ1n) is 14.4. The molecule has 4 N–H and O–H groups in total. The van der Waals surface area contributed by atoms with Crippen LogP contribution in [0.4, 0.5) is 10.2 Å². The molecule has 6 saturated heterocycles. The summed E-state index contributed by atoms with van der Waals surface area (Å²) in [6.07, 6.45) is 3.39. The number of fused-ring (bicyclic) bond motifs is 2. The molecular weight excluding hydrogens is 570 g/mol. The number of rotatable bonds is 1. The summed E-state index contributed by atoms with van der Waals surface area (Å²) in [5.41, 5.74) is -1.68. The maximum atomic E-state index is 16.0. The maximum Gasteiger partial charge on any atom is 0.238 e. The highest BCUT2D eigenvalue weighted by Gasteiger charge is 2.73. The minimum Gasteiger partial charge on any atom is -0.390 e. The number of aliphatic hydroxyl groups is 1. The zero-order chi connectivity index (χ0) is 28.7. The van der Waals surface area contributed by atoms with E-state index in [1.165, 1.54) is 6.07 Å². The minimum absolute atomic E-state index is 0.0755. The molecule has 0 unspecified atom stereocenters. The molecule has 7 fully saturated rings. The van der Waals surface area contributed by atoms with Crippen LogP contribution in [0.15, 0.2) is 30.3 Å². The molecule has 1 aliphatic carbocycles. The van der Waals surface area contributed by atoms with Crippen LogP contribution in [0.1, 0.15) is 68.9 Å². The lowest BCUT2D eigenvalue weighted by molar-refractivity contribution is -0.128. The summed E-state index contributed by atoms with van der Waals surface area (Å²) in [4.78, 5) is 33.1. The molecule has 0 radical (unpaired) electrons. The van der Waals surface area contributed by atoms with Gasteiger partial charge in [-0.2, -0.15) is 0 Å². The molecule has 2 amide bonds. The number of carbonyl (C=O) groups is 2. The van der Waals surface area contributed by atoms with Gasteiger partial charge in [0.2, 0.25) is 11.8 Å². The Bertz CT molecular complexity index is 1430. The SMILES string of the molecule is CC12CCC3(CC1)N[C@@H](C(=O)N[C@@H]1CC[C@H](OC1)[C@H](O)C2)[C@H](c1cccc(Cl)c1F)[C@]31C(=O)Nc2nc(Cl)ccc21. The fraction of sp³-hybridized carbons (Fsp3) is 0.567. The van der Waals surface area contributed by atoms with Gasteiger partial charge < -0.3 is 20.5 Å². The van der Waals surface area contributed by atoms with Gasteiger partial charge in [-0.25, -0.2) is 9.37 Å². The molecule has 10 rings (SSSR count). The Morgan fingerprint density at radius 2 is 1.88 bits per heavy atom. The Morgan fingerprint density at radius 1 is 1.10 bits per heavy atom. The van der Waals surface area contributed by atoms with Crippen molar-refractivity contribution in [2.45, 2.75) is 93.0 Å². The van der Waals surface area contributed by atoms with Gasteiger partial charge in [0, 0.05) is 17.0 Å². The van der Waals surface area contributed by atoms with Crippen molar-refractivity contribution in [2.75, 3.05) is 11.9 Å². The fourth-order valence-electron chi connectivity index (χ4n) is 8.53. The Balaban J connectivity index is 1.46. The number of nitrogens with one attached hydrogen (secondary N) is 3. The lowest BCUT2D eigenvalue weighted by Gasteiger charge is -2.51. The standard InChI is InChI=1S/C30H33Cl2FN4O4/c1-28-9-11-29(12-10-28)30(17-6-8-21(32)35-25(17)36-27(30)40)22(16-3-2-4-18(31)23(16)33)24(37-29)26(39)34-15-5-7-20(41-14-15)19(38)13-28/h2-4,6,8,15,19-20,22,24,37-38H,5,7,9-14H2,1H3,(H,34,39)(H,35,36,40)/t15-,19-,20+,22+,24-,28?,29?,30-/m1/s1. The second-order valence-electron chi connectivity index (χ2n) is 12.9. The van der Waals surface area contributed by atoms with Crippen molar-refractivity contribution in [1.29, 1.82) is 0 Å². The molecule has 1 aromatic carbocycles. The third-order valence-electron chi connectivity index (χ3n) is 10.6. The number of pyridine rings is 1. The van der Waals surface area contributed by atoms with Crippen LogP contribution in [-0.2, 0) is 19.7 Å². The first kappa shape index (κ1) is 27.5. The number of halogens is 3. The summed E-state index contributed by atoms with van der Waals surface area (Å²) in [5, 5.41) is 21.0. The van der Waals surface area contributed by atoms with Gasteiger partial charge in [0.25, 0.3) is 0 Å². The molecular formula is C30H33Cl2FN4O4. The Hall–Kier alpha value is -2.30. The van der Waals surface area contributed by atoms with Crippen molar-refractivity contribution < 1.29 is 23.8 Å². The molecule has 1 aromatic heterocycles. The van der Waals surface area contributed by atoms with Crippen molar-refractivity contribution in [2.24, 2.45) is 5.41 Å². The Kier molecular flexibility index (Phi) is 6.45. The van der Waals surface area contributed by atoms with Gasteiger partial charge in [-0.15, -0.1) is 0 Å². The van der Waals surface area contributed by atoms with Crippen LogP contribution in [0.3, 0.4) is 0 Å². The summed E-state index contributed by atoms with van der Waals surface area (Å²) < 4.78 is 22.1. The quantitative estimate of drug-likeness (QED) is 0.364. The van der Waals surface area contributed by atoms with Crippen LogP contribution in [-0.4, -0.2) is 58.3 Å². The van der Waals surface area contributed by atoms with E-state index in [0.29, 0.717) is 56.3 Å². The zero-order valence-corrected chi connectivity index (χ0v) is 24.2. The third kappa shape index (κ3) is 3.99. The van der Waals surface area contributed by atoms with Gasteiger partial charge in [0.1, 0.15) is 22.2 Å². The first-order valence-corrected chi connectivity index (χ1v) is 15.1. The van der Waals surface area contributed by atoms with Gasteiger partial charge in [-0.3, -0.25) is 14.9 Å². The topological polar surface area (TPSA) is 113 Å². The van der Waals surface area contributed by atoms with Gasteiger partial charge in [0.05, 0.1) is 35.9 Å². The zero-order valence-electron chi connectivity index (χ0n) is 22.7. The molecule has 7 aliphatic heterocycles. The number of anilines is 1. The van der Waals surface area contributed by atoms with Crippen LogP contribution >= 0.6 is 23.2 Å². The Labute approximate surface area is 247 Å². The van der Waals surface area contributed by atoms with Crippen LogP contribution < -0.4 is 16.0 Å². The maximum absolute atomic E-state index is 16.0. The molecule has 2 aromatic rings. The summed E-state index contributed by atoms with van der Waals surface area (Å²) >= 11 is 12.6. The second-order valence-corrected chi connectivity index (χ2v) is 13.6. The molecule has 8 heterocycles. The number of amides is 2. The number of nitrogens with zero attached hydrogens (tertiary/aromatic N) is 1. The van der Waals surface area contributed by atoms with E-state index in [-0.39, 0.29) is 51.7 Å². The van der Waals surface area contributed by atoms with E-state index in [1.54, 1.807) is 24.3 Å². The number of hydrogen-bond donors (Lipinski definition) is 4. The number of carbonyl (C=O) groups excluding carboxylic acids is 2. The van der Waals surface area contributed by atoms with Crippen molar-refractivity contribution in [1.82, 2.24) is 15.6 Å². The number of benzene rings is 1. The summed E-state index contributed by atoms with van der Waals surface area (Å²) in [5.74, 6) is -1.92. The second kappa shape index (κ2) is 9.61. The van der Waals surface area contributed by atoms with Gasteiger partial charge in [-0.05, 0) is 68.1 Å². The Morgan fingerprint density at radius 3 is 2.61 bits per heavy atom. The third-order valence-corrected chi connectivity index (χ3v) is 11.1. The molecule has 41 heavy (non-hydrogen) atoms.